The van der Waals surface area contributed by atoms with Gasteiger partial charge in [-0.3, -0.25) is 9.69 Å². The summed E-state index contributed by atoms with van der Waals surface area (Å²) in [7, 11) is 0. The van der Waals surface area contributed by atoms with Crippen LogP contribution in [0.15, 0.2) is 24.3 Å². The maximum absolute atomic E-state index is 12.8. The zero-order chi connectivity index (χ0) is 18.7. The zero-order valence-corrected chi connectivity index (χ0v) is 17.3. The van der Waals surface area contributed by atoms with Crippen LogP contribution in [0.5, 0.6) is 0 Å². The van der Waals surface area contributed by atoms with Crippen molar-refractivity contribution in [2.24, 2.45) is 11.7 Å². The Hall–Kier alpha value is -1.02. The number of hydrogen-bond donors (Lipinski definition) is 1. The Bertz CT molecular complexity index is 637. The van der Waals surface area contributed by atoms with E-state index in [1.54, 1.807) is 6.07 Å². The van der Waals surface area contributed by atoms with Crippen LogP contribution in [-0.4, -0.2) is 47.9 Å². The number of rotatable bonds is 4. The van der Waals surface area contributed by atoms with Crippen LogP contribution in [0.25, 0.3) is 0 Å². The van der Waals surface area contributed by atoms with Gasteiger partial charge in [-0.15, -0.1) is 24.8 Å². The monoisotopic (exact) mass is 441 g/mol. The quantitative estimate of drug-likeness (QED) is 0.774. The predicted octanol–water partition coefficient (Wildman–Crippen LogP) is 3.71. The first-order valence-electron chi connectivity index (χ1n) is 9.25. The molecule has 1 saturated heterocycles. The molecule has 9 heteroatoms. The fraction of sp³-hybridized carbons (Fsp3) is 0.632. The van der Waals surface area contributed by atoms with E-state index in [9.17, 15) is 18.0 Å². The molecule has 2 atom stereocenters. The number of nitrogens with zero attached hydrogens (tertiary/aromatic N) is 2. The van der Waals surface area contributed by atoms with E-state index in [2.05, 4.69) is 4.90 Å². The first-order valence-corrected chi connectivity index (χ1v) is 9.25. The summed E-state index contributed by atoms with van der Waals surface area (Å²) in [6, 6.07) is 5.60. The molecule has 1 heterocycles. The highest BCUT2D eigenvalue weighted by Gasteiger charge is 2.31. The Labute approximate surface area is 176 Å². The molecule has 1 aromatic carbocycles. The van der Waals surface area contributed by atoms with E-state index >= 15 is 0 Å². The second-order valence-corrected chi connectivity index (χ2v) is 7.41. The van der Waals surface area contributed by atoms with Crippen molar-refractivity contribution in [3.8, 4) is 0 Å². The molecule has 0 aromatic heterocycles. The third kappa shape index (κ3) is 6.51. The fourth-order valence-corrected chi connectivity index (χ4v) is 3.93. The molecule has 0 bridgehead atoms. The number of amides is 1. The van der Waals surface area contributed by atoms with Gasteiger partial charge in [-0.05, 0) is 30.4 Å². The van der Waals surface area contributed by atoms with E-state index in [0.717, 1.165) is 25.3 Å². The van der Waals surface area contributed by atoms with E-state index in [-0.39, 0.29) is 36.8 Å². The van der Waals surface area contributed by atoms with Gasteiger partial charge in [-0.25, -0.2) is 0 Å². The van der Waals surface area contributed by atoms with Gasteiger partial charge in [0.1, 0.15) is 0 Å². The summed E-state index contributed by atoms with van der Waals surface area (Å²) in [6.07, 6.45) is -0.661. The Morgan fingerprint density at radius 1 is 1.11 bits per heavy atom. The summed E-state index contributed by atoms with van der Waals surface area (Å²) in [5, 5.41) is 0. The van der Waals surface area contributed by atoms with Crippen LogP contribution in [0.3, 0.4) is 0 Å². The topological polar surface area (TPSA) is 49.6 Å². The van der Waals surface area contributed by atoms with Gasteiger partial charge in [-0.2, -0.15) is 13.2 Å². The van der Waals surface area contributed by atoms with Gasteiger partial charge >= 0.3 is 6.18 Å². The number of nitrogens with two attached hydrogens (primary N) is 1. The minimum atomic E-state index is -4.32. The lowest BCUT2D eigenvalue weighted by Gasteiger charge is -2.35. The molecule has 28 heavy (non-hydrogen) atoms. The van der Waals surface area contributed by atoms with Crippen LogP contribution in [-0.2, 0) is 17.5 Å². The number of piperazine rings is 1. The highest BCUT2D eigenvalue weighted by Crippen LogP contribution is 2.30. The fourth-order valence-electron chi connectivity index (χ4n) is 3.93. The number of benzene rings is 1. The number of carbonyl (C=O) groups is 1. The molecule has 1 saturated carbocycles. The van der Waals surface area contributed by atoms with Crippen molar-refractivity contribution in [1.82, 2.24) is 9.80 Å². The maximum atomic E-state index is 12.8. The van der Waals surface area contributed by atoms with Crippen LogP contribution in [0.2, 0.25) is 0 Å². The second kappa shape index (κ2) is 10.7. The average molecular weight is 442 g/mol. The van der Waals surface area contributed by atoms with Gasteiger partial charge in [0.25, 0.3) is 0 Å². The molecular formula is C19H28Cl2F3N3O. The summed E-state index contributed by atoms with van der Waals surface area (Å²) in [6.45, 7) is 3.08. The Morgan fingerprint density at radius 3 is 2.36 bits per heavy atom. The Morgan fingerprint density at radius 2 is 1.79 bits per heavy atom. The number of alkyl halides is 3. The van der Waals surface area contributed by atoms with E-state index in [4.69, 9.17) is 5.73 Å². The Kier molecular flexibility index (Phi) is 9.53. The van der Waals surface area contributed by atoms with Gasteiger partial charge < -0.3 is 10.6 Å². The van der Waals surface area contributed by atoms with Crippen LogP contribution >= 0.6 is 24.8 Å². The van der Waals surface area contributed by atoms with Crippen molar-refractivity contribution in [2.45, 2.75) is 44.4 Å². The smallest absolute Gasteiger partial charge is 0.340 e. The molecule has 2 fully saturated rings. The van der Waals surface area contributed by atoms with E-state index in [0.29, 0.717) is 50.6 Å². The average Bonchev–Trinajstić information content (AvgIpc) is 3.00. The van der Waals surface area contributed by atoms with Gasteiger partial charge in [0.15, 0.2) is 0 Å². The third-order valence-corrected chi connectivity index (χ3v) is 5.54. The third-order valence-electron chi connectivity index (χ3n) is 5.54. The number of halogens is 5. The van der Waals surface area contributed by atoms with Crippen LogP contribution < -0.4 is 5.73 Å². The lowest BCUT2D eigenvalue weighted by molar-refractivity contribution is -0.138. The van der Waals surface area contributed by atoms with Gasteiger partial charge in [-0.1, -0.05) is 24.6 Å². The van der Waals surface area contributed by atoms with Crippen LogP contribution in [0.4, 0.5) is 13.2 Å². The zero-order valence-electron chi connectivity index (χ0n) is 15.7. The highest BCUT2D eigenvalue weighted by atomic mass is 35.5. The van der Waals surface area contributed by atoms with Crippen molar-refractivity contribution in [1.29, 1.82) is 0 Å². The highest BCUT2D eigenvalue weighted by molar-refractivity contribution is 5.85. The largest absolute Gasteiger partial charge is 0.416 e. The summed E-state index contributed by atoms with van der Waals surface area (Å²) in [5.74, 6) is 0.455. The number of hydrogen-bond acceptors (Lipinski definition) is 3. The molecular weight excluding hydrogens is 414 g/mol. The van der Waals surface area contributed by atoms with Crippen molar-refractivity contribution in [3.63, 3.8) is 0 Å². The first-order chi connectivity index (χ1) is 12.3. The summed E-state index contributed by atoms with van der Waals surface area (Å²) in [5.41, 5.74) is 6.08. The van der Waals surface area contributed by atoms with E-state index < -0.39 is 11.7 Å². The SMILES string of the molecule is Cl.Cl.N[C@@H]1CCC[C@H]1CC(=O)N1CCN(Cc2cccc(C(F)(F)F)c2)CC1. The lowest BCUT2D eigenvalue weighted by atomic mass is 9.99. The minimum Gasteiger partial charge on any atom is -0.340 e. The molecule has 3 rings (SSSR count). The van der Waals surface area contributed by atoms with Crippen molar-refractivity contribution in [2.75, 3.05) is 26.2 Å². The van der Waals surface area contributed by atoms with Crippen LogP contribution in [0.1, 0.15) is 36.8 Å². The molecule has 1 amide bonds. The van der Waals surface area contributed by atoms with Gasteiger partial charge in [0, 0.05) is 45.2 Å². The molecule has 0 radical (unpaired) electrons. The minimum absolute atomic E-state index is 0. The summed E-state index contributed by atoms with van der Waals surface area (Å²) in [4.78, 5) is 16.4. The van der Waals surface area contributed by atoms with Crippen molar-refractivity contribution < 1.29 is 18.0 Å². The summed E-state index contributed by atoms with van der Waals surface area (Å²) < 4.78 is 38.4. The molecule has 1 aliphatic heterocycles. The molecule has 0 spiro atoms. The second-order valence-electron chi connectivity index (χ2n) is 7.41. The number of carbonyl (C=O) groups excluding carboxylic acids is 1. The molecule has 2 N–H and O–H groups in total. The lowest BCUT2D eigenvalue weighted by Crippen LogP contribution is -2.49. The van der Waals surface area contributed by atoms with Crippen LogP contribution in [0, 0.1) is 5.92 Å². The molecule has 4 nitrogen and oxygen atoms in total. The molecule has 2 aliphatic rings. The first kappa shape index (κ1) is 25.0. The molecule has 1 aliphatic carbocycles. The van der Waals surface area contributed by atoms with E-state index in [1.807, 2.05) is 4.90 Å². The maximum Gasteiger partial charge on any atom is 0.416 e. The Balaban J connectivity index is 0.00000196. The van der Waals surface area contributed by atoms with Gasteiger partial charge in [0.05, 0.1) is 5.56 Å². The van der Waals surface area contributed by atoms with Crippen molar-refractivity contribution in [3.05, 3.63) is 35.4 Å². The standard InChI is InChI=1S/C19H26F3N3O.2ClH/c20-19(21,22)16-5-1-3-14(11-16)13-24-7-9-25(10-8-24)18(26)12-15-4-2-6-17(15)23;;/h1,3,5,11,15,17H,2,4,6-10,12-13,23H2;2*1H/t15-,17+;;/m0../s1. The normalized spacial score (nSPS) is 23.1. The van der Waals surface area contributed by atoms with Crippen molar-refractivity contribution >= 4 is 30.7 Å². The molecule has 0 unspecified atom stereocenters. The molecule has 160 valence electrons. The molecule has 1 aromatic rings. The summed E-state index contributed by atoms with van der Waals surface area (Å²) >= 11 is 0. The van der Waals surface area contributed by atoms with Gasteiger partial charge in [0.2, 0.25) is 5.91 Å². The van der Waals surface area contributed by atoms with E-state index in [1.165, 1.54) is 12.1 Å². The predicted molar refractivity (Wildman–Crippen MR) is 108 cm³/mol.